The molecule has 1 fully saturated rings. The van der Waals surface area contributed by atoms with E-state index in [0.29, 0.717) is 29.1 Å². The Hall–Kier alpha value is -4.11. The number of benzene rings is 2. The van der Waals surface area contributed by atoms with E-state index < -0.39 is 46.9 Å². The number of carbonyl (C=O) groups is 1. The van der Waals surface area contributed by atoms with E-state index >= 15 is 0 Å². The van der Waals surface area contributed by atoms with E-state index in [9.17, 15) is 41.4 Å². The zero-order valence-corrected chi connectivity index (χ0v) is 21.0. The molecule has 1 saturated heterocycles. The van der Waals surface area contributed by atoms with Crippen LogP contribution in [0.4, 0.5) is 31.5 Å². The number of thiazole rings is 1. The topological polar surface area (TPSA) is 114 Å². The van der Waals surface area contributed by atoms with Gasteiger partial charge in [-0.15, -0.1) is 0 Å². The maximum Gasteiger partial charge on any atom is 0.417 e. The van der Waals surface area contributed by atoms with E-state index in [2.05, 4.69) is 20.5 Å². The lowest BCUT2D eigenvalue weighted by molar-refractivity contribution is -0.143. The van der Waals surface area contributed by atoms with Gasteiger partial charge in [0.15, 0.2) is 5.13 Å². The van der Waals surface area contributed by atoms with Gasteiger partial charge in [0.25, 0.3) is 0 Å². The monoisotopic (exact) mass is 583 g/mol. The highest BCUT2D eigenvalue weighted by atomic mass is 32.1. The van der Waals surface area contributed by atoms with Crippen molar-refractivity contribution in [1.82, 2.24) is 20.5 Å². The summed E-state index contributed by atoms with van der Waals surface area (Å²) in [4.78, 5) is 17.4. The summed E-state index contributed by atoms with van der Waals surface area (Å²) < 4.78 is 81.6. The molecule has 2 aromatic heterocycles. The molecular formula is C25H19F6N5O3S. The van der Waals surface area contributed by atoms with Gasteiger partial charge in [0.05, 0.1) is 22.8 Å². The summed E-state index contributed by atoms with van der Waals surface area (Å²) in [6.07, 6.45) is -7.60. The number of rotatable bonds is 5. The second-order valence-corrected chi connectivity index (χ2v) is 9.91. The van der Waals surface area contributed by atoms with Crippen LogP contribution in [0.15, 0.2) is 42.6 Å². The zero-order chi connectivity index (χ0) is 28.8. The van der Waals surface area contributed by atoms with E-state index in [1.54, 1.807) is 18.2 Å². The highest BCUT2D eigenvalue weighted by Gasteiger charge is 2.38. The van der Waals surface area contributed by atoms with Crippen molar-refractivity contribution in [3.63, 3.8) is 0 Å². The van der Waals surface area contributed by atoms with Crippen molar-refractivity contribution >= 4 is 45.0 Å². The highest BCUT2D eigenvalue weighted by molar-refractivity contribution is 7.17. The second kappa shape index (κ2) is 10.1. The molecule has 0 aliphatic carbocycles. The number of hydrogen-bond acceptors (Lipinski definition) is 7. The van der Waals surface area contributed by atoms with Gasteiger partial charge in [-0.05, 0) is 41.5 Å². The Labute approximate surface area is 225 Å². The lowest BCUT2D eigenvalue weighted by atomic mass is 9.96. The Morgan fingerprint density at radius 3 is 2.58 bits per heavy atom. The number of hydrogen-bond donors (Lipinski definition) is 4. The molecule has 40 heavy (non-hydrogen) atoms. The lowest BCUT2D eigenvalue weighted by Crippen LogP contribution is -2.55. The number of aromatic amines is 1. The van der Waals surface area contributed by atoms with Crippen LogP contribution in [0.1, 0.15) is 27.1 Å². The molecule has 1 aliphatic heterocycles. The maximum absolute atomic E-state index is 13.9. The molecule has 210 valence electrons. The van der Waals surface area contributed by atoms with Gasteiger partial charge in [-0.3, -0.25) is 5.10 Å². The van der Waals surface area contributed by atoms with Gasteiger partial charge in [0.2, 0.25) is 5.88 Å². The van der Waals surface area contributed by atoms with Crippen molar-refractivity contribution in [2.75, 3.05) is 24.5 Å². The van der Waals surface area contributed by atoms with Crippen molar-refractivity contribution in [3.8, 4) is 5.88 Å². The van der Waals surface area contributed by atoms with E-state index in [1.807, 2.05) is 0 Å². The molecule has 0 unspecified atom stereocenters. The fourth-order valence-electron chi connectivity index (χ4n) is 4.40. The Kier molecular flexibility index (Phi) is 6.95. The minimum absolute atomic E-state index is 0.00791. The smallest absolute Gasteiger partial charge is 0.417 e. The highest BCUT2D eigenvalue weighted by Crippen LogP contribution is 2.43. The number of anilines is 1. The first-order valence-electron chi connectivity index (χ1n) is 11.7. The molecule has 0 radical (unpaired) electrons. The van der Waals surface area contributed by atoms with Gasteiger partial charge >= 0.3 is 18.3 Å². The third-order valence-corrected chi connectivity index (χ3v) is 7.47. The minimum Gasteiger partial charge on any atom is -0.492 e. The third kappa shape index (κ3) is 5.34. The van der Waals surface area contributed by atoms with Crippen LogP contribution in [0.25, 0.3) is 22.6 Å². The molecular weight excluding hydrogens is 564 g/mol. The molecule has 5 rings (SSSR count). The van der Waals surface area contributed by atoms with Gasteiger partial charge in [0, 0.05) is 30.6 Å². The molecule has 2 aromatic carbocycles. The number of fused-ring (bicyclic) bond motifs is 1. The van der Waals surface area contributed by atoms with Crippen LogP contribution in [0.2, 0.25) is 0 Å². The second-order valence-electron chi connectivity index (χ2n) is 8.93. The summed E-state index contributed by atoms with van der Waals surface area (Å²) in [6.45, 7) is 0.770. The van der Waals surface area contributed by atoms with Crippen LogP contribution in [0, 0.1) is 0 Å². The number of nitrogens with one attached hydrogen (secondary N) is 2. The average molecular weight is 584 g/mol. The normalized spacial score (nSPS) is 17.0. The first-order valence-corrected chi connectivity index (χ1v) is 12.5. The van der Waals surface area contributed by atoms with E-state index in [4.69, 9.17) is 0 Å². The summed E-state index contributed by atoms with van der Waals surface area (Å²) in [5.41, 5.74) is -2.56. The summed E-state index contributed by atoms with van der Waals surface area (Å²) >= 11 is 0.858. The van der Waals surface area contributed by atoms with Crippen LogP contribution in [-0.2, 0) is 17.1 Å². The Morgan fingerprint density at radius 2 is 1.88 bits per heavy atom. The molecule has 3 heterocycles. The third-order valence-electron chi connectivity index (χ3n) is 6.35. The molecule has 1 aliphatic rings. The van der Waals surface area contributed by atoms with E-state index in [1.165, 1.54) is 11.1 Å². The summed E-state index contributed by atoms with van der Waals surface area (Å²) in [5.74, 6) is -1.70. The Balaban J connectivity index is 1.70. The van der Waals surface area contributed by atoms with Crippen LogP contribution in [0.5, 0.6) is 5.88 Å². The fourth-order valence-corrected chi connectivity index (χ4v) is 5.48. The van der Waals surface area contributed by atoms with E-state index in [0.717, 1.165) is 23.5 Å². The predicted octanol–water partition coefficient (Wildman–Crippen LogP) is 5.21. The molecule has 4 aromatic rings. The van der Waals surface area contributed by atoms with Gasteiger partial charge in [-0.1, -0.05) is 23.5 Å². The van der Waals surface area contributed by atoms with Crippen LogP contribution in [-0.4, -0.2) is 57.0 Å². The summed E-state index contributed by atoms with van der Waals surface area (Å²) in [7, 11) is 0. The number of H-pyrrole nitrogens is 1. The molecule has 0 spiro atoms. The number of piperazine rings is 1. The largest absolute Gasteiger partial charge is 0.492 e. The first kappa shape index (κ1) is 27.5. The van der Waals surface area contributed by atoms with Crippen molar-refractivity contribution in [2.45, 2.75) is 18.4 Å². The number of aromatic hydroxyl groups is 1. The van der Waals surface area contributed by atoms with Gasteiger partial charge < -0.3 is 20.4 Å². The van der Waals surface area contributed by atoms with Crippen LogP contribution in [0.3, 0.4) is 0 Å². The SMILES string of the molecule is O=C(O)[C@H]1CNCCN1c1nc(O)c(C(=Cc2ccc(C(F)(F)F)cc2C(F)(F)F)c2ccc3[nH]ncc3c2)s1. The fraction of sp³-hybridized carbons (Fsp3) is 0.240. The molecule has 8 nitrogen and oxygen atoms in total. The molecule has 0 bridgehead atoms. The Morgan fingerprint density at radius 1 is 1.10 bits per heavy atom. The standard InChI is InChI=1S/C25H19F6N5O3S/c26-24(27,28)15-3-1-13(17(9-15)25(29,30)31)8-16(12-2-4-18-14(7-12)10-33-35-18)20-21(37)34-23(40-20)36-6-5-32-11-19(36)22(38)39/h1-4,7-10,19,32,37H,5-6,11H2,(H,33,35)(H,38,39)/t19-/m1/s1. The number of alkyl halides is 6. The Bertz CT molecular complexity index is 1610. The van der Waals surface area contributed by atoms with Crippen molar-refractivity contribution in [2.24, 2.45) is 0 Å². The lowest BCUT2D eigenvalue weighted by Gasteiger charge is -2.33. The van der Waals surface area contributed by atoms with Gasteiger partial charge in [-0.25, -0.2) is 4.79 Å². The average Bonchev–Trinajstić information content (AvgIpc) is 3.52. The molecule has 4 N–H and O–H groups in total. The summed E-state index contributed by atoms with van der Waals surface area (Å²) in [6, 6.07) is 5.05. The maximum atomic E-state index is 13.9. The van der Waals surface area contributed by atoms with Gasteiger partial charge in [-0.2, -0.15) is 36.4 Å². The molecule has 0 amide bonds. The number of aromatic nitrogens is 3. The predicted molar refractivity (Wildman–Crippen MR) is 135 cm³/mol. The zero-order valence-electron chi connectivity index (χ0n) is 20.1. The first-order chi connectivity index (χ1) is 18.8. The number of carboxylic acids is 1. The molecule has 15 heteroatoms. The molecule has 1 atom stereocenters. The van der Waals surface area contributed by atoms with Gasteiger partial charge in [0.1, 0.15) is 10.9 Å². The number of aliphatic carboxylic acids is 1. The van der Waals surface area contributed by atoms with Crippen LogP contribution < -0.4 is 10.2 Å². The van der Waals surface area contributed by atoms with Crippen molar-refractivity contribution in [1.29, 1.82) is 0 Å². The van der Waals surface area contributed by atoms with Crippen molar-refractivity contribution < 1.29 is 41.4 Å². The van der Waals surface area contributed by atoms with Crippen LogP contribution >= 0.6 is 11.3 Å². The minimum atomic E-state index is -5.12. The summed E-state index contributed by atoms with van der Waals surface area (Å²) in [5, 5.41) is 30.8. The number of carboxylic acid groups (broad SMARTS) is 1. The van der Waals surface area contributed by atoms with E-state index in [-0.39, 0.29) is 34.7 Å². The molecule has 0 saturated carbocycles. The van der Waals surface area contributed by atoms with Crippen molar-refractivity contribution in [3.05, 3.63) is 69.7 Å². The number of nitrogens with zero attached hydrogens (tertiary/aromatic N) is 3. The number of halogens is 6. The quantitative estimate of drug-likeness (QED) is 0.188.